The third-order valence-corrected chi connectivity index (χ3v) is 6.39. The van der Waals surface area contributed by atoms with Crippen molar-refractivity contribution in [2.75, 3.05) is 13.2 Å². The minimum atomic E-state index is -0.840. The van der Waals surface area contributed by atoms with Gasteiger partial charge < -0.3 is 9.84 Å². The number of pyridine rings is 1. The van der Waals surface area contributed by atoms with Gasteiger partial charge in [-0.25, -0.2) is 9.82 Å². The number of hydrogen-bond donors (Lipinski definition) is 3. The molecule has 156 valence electrons. The maximum absolute atomic E-state index is 14.3. The van der Waals surface area contributed by atoms with Crippen molar-refractivity contribution >= 4 is 5.97 Å². The van der Waals surface area contributed by atoms with Crippen molar-refractivity contribution in [2.24, 2.45) is 17.3 Å². The molecule has 6 nitrogen and oxygen atoms in total. The second-order valence-corrected chi connectivity index (χ2v) is 8.91. The molecule has 3 N–H and O–H groups in total. The number of ether oxygens (including phenoxy) is 1. The summed E-state index contributed by atoms with van der Waals surface area (Å²) in [6.45, 7) is 5.58. The summed E-state index contributed by atoms with van der Waals surface area (Å²) < 4.78 is 20.1. The van der Waals surface area contributed by atoms with Gasteiger partial charge in [0.05, 0.1) is 30.0 Å². The van der Waals surface area contributed by atoms with E-state index in [1.807, 2.05) is 18.2 Å². The Morgan fingerprint density at radius 3 is 2.86 bits per heavy atom. The molecule has 0 radical (unpaired) electrons. The topological polar surface area (TPSA) is 83.5 Å². The number of halogens is 1. The number of carboxylic acid groups (broad SMARTS) is 1. The lowest BCUT2D eigenvalue weighted by molar-refractivity contribution is -0.138. The molecule has 4 rings (SSSR count). The molecule has 2 aliphatic carbocycles. The van der Waals surface area contributed by atoms with Crippen molar-refractivity contribution < 1.29 is 19.0 Å². The zero-order valence-electron chi connectivity index (χ0n) is 16.9. The Morgan fingerprint density at radius 1 is 1.41 bits per heavy atom. The highest BCUT2D eigenvalue weighted by Gasteiger charge is 2.47. The van der Waals surface area contributed by atoms with Crippen LogP contribution < -0.4 is 15.6 Å². The first-order valence-electron chi connectivity index (χ1n) is 10.2. The van der Waals surface area contributed by atoms with Crippen LogP contribution in [0.25, 0.3) is 0 Å². The van der Waals surface area contributed by atoms with E-state index in [1.165, 1.54) is 0 Å². The minimum absolute atomic E-state index is 0.164. The summed E-state index contributed by atoms with van der Waals surface area (Å²) >= 11 is 0. The summed E-state index contributed by atoms with van der Waals surface area (Å²) in [5.74, 6) is -1.04. The van der Waals surface area contributed by atoms with Gasteiger partial charge in [0.1, 0.15) is 11.6 Å². The van der Waals surface area contributed by atoms with Crippen LogP contribution in [0.5, 0.6) is 5.75 Å². The summed E-state index contributed by atoms with van der Waals surface area (Å²) in [5, 5.41) is 9.14. The lowest BCUT2D eigenvalue weighted by atomic mass is 9.77. The van der Waals surface area contributed by atoms with Gasteiger partial charge in [0, 0.05) is 12.5 Å². The number of allylic oxidation sites excluding steroid dienone is 4. The highest BCUT2D eigenvalue weighted by molar-refractivity contribution is 5.75. The summed E-state index contributed by atoms with van der Waals surface area (Å²) in [6.07, 6.45) is 8.07. The fraction of sp³-hybridized carbons (Fsp3) is 0.545. The van der Waals surface area contributed by atoms with Gasteiger partial charge in [-0.1, -0.05) is 13.0 Å². The first-order chi connectivity index (χ1) is 13.8. The molecule has 1 aromatic heterocycles. The minimum Gasteiger partial charge on any atom is -0.492 e. The molecule has 2 heterocycles. The summed E-state index contributed by atoms with van der Waals surface area (Å²) in [4.78, 5) is 15.7. The molecule has 29 heavy (non-hydrogen) atoms. The number of nitrogens with one attached hydrogen (secondary N) is 2. The van der Waals surface area contributed by atoms with Crippen LogP contribution in [0.2, 0.25) is 0 Å². The van der Waals surface area contributed by atoms with Crippen molar-refractivity contribution in [3.63, 3.8) is 0 Å². The fourth-order valence-electron chi connectivity index (χ4n) is 4.23. The molecule has 0 aromatic carbocycles. The van der Waals surface area contributed by atoms with Gasteiger partial charge in [0.15, 0.2) is 0 Å². The van der Waals surface area contributed by atoms with Crippen LogP contribution in [-0.2, 0) is 10.3 Å². The van der Waals surface area contributed by atoms with Crippen molar-refractivity contribution in [3.8, 4) is 5.75 Å². The molecule has 4 atom stereocenters. The van der Waals surface area contributed by atoms with E-state index in [2.05, 4.69) is 29.7 Å². The third kappa shape index (κ3) is 4.21. The van der Waals surface area contributed by atoms with E-state index in [9.17, 15) is 9.18 Å². The number of nitrogens with zero attached hydrogens (tertiary/aromatic N) is 1. The van der Waals surface area contributed by atoms with E-state index < -0.39 is 11.9 Å². The number of hydrazine groups is 1. The number of aliphatic carboxylic acids is 1. The first kappa shape index (κ1) is 20.0. The van der Waals surface area contributed by atoms with Crippen LogP contribution in [0.15, 0.2) is 41.9 Å². The summed E-state index contributed by atoms with van der Waals surface area (Å²) in [5.41, 5.74) is 7.52. The highest BCUT2D eigenvalue weighted by atomic mass is 19.1. The Kier molecular flexibility index (Phi) is 5.21. The fourth-order valence-corrected chi connectivity index (χ4v) is 4.23. The number of hydrogen-bond acceptors (Lipinski definition) is 5. The SMILES string of the molecule is CC1(CCOc2ccc(C3(C)CCNN3)nc2)C=C(C2CC2C(=O)O)C(F)=CC1. The third-order valence-electron chi connectivity index (χ3n) is 6.39. The first-order valence-corrected chi connectivity index (χ1v) is 10.2. The summed E-state index contributed by atoms with van der Waals surface area (Å²) in [6, 6.07) is 3.91. The largest absolute Gasteiger partial charge is 0.492 e. The average molecular weight is 401 g/mol. The van der Waals surface area contributed by atoms with E-state index in [0.29, 0.717) is 30.8 Å². The average Bonchev–Trinajstić information content (AvgIpc) is 3.38. The molecule has 7 heteroatoms. The van der Waals surface area contributed by atoms with E-state index in [4.69, 9.17) is 9.84 Å². The van der Waals surface area contributed by atoms with Crippen LogP contribution in [0.3, 0.4) is 0 Å². The van der Waals surface area contributed by atoms with Gasteiger partial charge in [-0.05, 0) is 61.8 Å². The smallest absolute Gasteiger partial charge is 0.307 e. The van der Waals surface area contributed by atoms with Crippen LogP contribution in [0.1, 0.15) is 45.2 Å². The summed E-state index contributed by atoms with van der Waals surface area (Å²) in [7, 11) is 0. The molecule has 0 amide bonds. The van der Waals surface area contributed by atoms with Crippen LogP contribution >= 0.6 is 0 Å². The number of carboxylic acids is 1. The van der Waals surface area contributed by atoms with Crippen molar-refractivity contribution in [3.05, 3.63) is 47.6 Å². The predicted octanol–water partition coefficient (Wildman–Crippen LogP) is 3.47. The van der Waals surface area contributed by atoms with Crippen LogP contribution in [-0.4, -0.2) is 29.2 Å². The van der Waals surface area contributed by atoms with Crippen LogP contribution in [0.4, 0.5) is 4.39 Å². The lowest BCUT2D eigenvalue weighted by Crippen LogP contribution is -2.39. The Bertz CT molecular complexity index is 845. The van der Waals surface area contributed by atoms with Gasteiger partial charge in [-0.15, -0.1) is 0 Å². The Labute approximate surface area is 170 Å². The van der Waals surface area contributed by atoms with E-state index in [0.717, 1.165) is 25.1 Å². The molecule has 0 bridgehead atoms. The Balaban J connectivity index is 1.34. The quantitative estimate of drug-likeness (QED) is 0.649. The van der Waals surface area contributed by atoms with Crippen LogP contribution in [0, 0.1) is 17.3 Å². The second kappa shape index (κ2) is 7.54. The predicted molar refractivity (Wildman–Crippen MR) is 107 cm³/mol. The Hall–Kier alpha value is -2.25. The standard InChI is InChI=1S/C22H28FN3O3/c1-21(6-5-18(23)17(12-21)15-11-16(15)20(27)28)8-10-29-14-3-4-19(24-13-14)22(2)7-9-25-26-22/h3-5,12-13,15-16,25-26H,6-11H2,1-2H3,(H,27,28). The highest BCUT2D eigenvalue weighted by Crippen LogP contribution is 2.50. The van der Waals surface area contributed by atoms with Crippen molar-refractivity contribution in [1.82, 2.24) is 15.8 Å². The number of aromatic nitrogens is 1. The number of carbonyl (C=O) groups is 1. The number of rotatable bonds is 7. The molecule has 1 saturated heterocycles. The van der Waals surface area contributed by atoms with E-state index in [1.54, 1.807) is 12.3 Å². The van der Waals surface area contributed by atoms with Gasteiger partial charge >= 0.3 is 5.97 Å². The Morgan fingerprint density at radius 2 is 2.24 bits per heavy atom. The van der Waals surface area contributed by atoms with Crippen molar-refractivity contribution in [1.29, 1.82) is 0 Å². The van der Waals surface area contributed by atoms with E-state index >= 15 is 0 Å². The molecule has 1 saturated carbocycles. The molecule has 1 aliphatic heterocycles. The second-order valence-electron chi connectivity index (χ2n) is 8.91. The normalized spacial score (nSPS) is 33.8. The monoisotopic (exact) mass is 401 g/mol. The van der Waals surface area contributed by atoms with Crippen molar-refractivity contribution in [2.45, 2.75) is 45.1 Å². The molecule has 2 fully saturated rings. The zero-order valence-corrected chi connectivity index (χ0v) is 16.9. The maximum Gasteiger partial charge on any atom is 0.307 e. The molecule has 0 spiro atoms. The molecular weight excluding hydrogens is 373 g/mol. The molecular formula is C22H28FN3O3. The molecule has 3 aliphatic rings. The van der Waals surface area contributed by atoms with Gasteiger partial charge in [0.25, 0.3) is 0 Å². The zero-order chi connectivity index (χ0) is 20.6. The molecule has 4 unspecified atom stereocenters. The van der Waals surface area contributed by atoms with Gasteiger partial charge in [-0.2, -0.15) is 0 Å². The molecule has 1 aromatic rings. The van der Waals surface area contributed by atoms with Gasteiger partial charge in [-0.3, -0.25) is 15.2 Å². The lowest BCUT2D eigenvalue weighted by Gasteiger charge is -2.29. The maximum atomic E-state index is 14.3. The van der Waals surface area contributed by atoms with E-state index in [-0.39, 0.29) is 22.7 Å². The van der Waals surface area contributed by atoms with Gasteiger partial charge in [0.2, 0.25) is 0 Å².